The molecular weight excluding hydrogens is 691 g/mol. The molecule has 0 aliphatic heterocycles. The maximum atomic E-state index is 12.6. The fourth-order valence-electron chi connectivity index (χ4n) is 6.48. The van der Waals surface area contributed by atoms with E-state index in [2.05, 4.69) is 50.3 Å². The van der Waals surface area contributed by atoms with E-state index in [4.69, 9.17) is 14.2 Å². The Labute approximate surface area is 338 Å². The lowest BCUT2D eigenvalue weighted by Crippen LogP contribution is -2.50. The molecule has 0 saturated carbocycles. The van der Waals surface area contributed by atoms with Crippen LogP contribution >= 0.6 is 0 Å². The number of quaternary nitrogens is 1. The van der Waals surface area contributed by atoms with Crippen LogP contribution in [0.4, 0.5) is 0 Å². The van der Waals surface area contributed by atoms with Gasteiger partial charge in [-0.15, -0.1) is 0 Å². The molecule has 55 heavy (non-hydrogen) atoms. The van der Waals surface area contributed by atoms with E-state index in [0.717, 1.165) is 44.9 Å². The number of rotatable bonds is 40. The number of aliphatic carboxylic acids is 1. The van der Waals surface area contributed by atoms with Crippen LogP contribution in [0.3, 0.4) is 0 Å². The van der Waals surface area contributed by atoms with Gasteiger partial charge >= 0.3 is 17.9 Å². The summed E-state index contributed by atoms with van der Waals surface area (Å²) in [5.41, 5.74) is 0. The van der Waals surface area contributed by atoms with E-state index in [1.54, 1.807) is 0 Å². The molecule has 2 unspecified atom stereocenters. The molecule has 0 aromatic rings. The fraction of sp³-hybridized carbons (Fsp3) is 0.809. The summed E-state index contributed by atoms with van der Waals surface area (Å²) in [7, 11) is 5.51. The maximum absolute atomic E-state index is 12.6. The number of nitrogens with zero attached hydrogens (tertiary/aromatic N) is 1. The number of esters is 2. The second-order valence-corrected chi connectivity index (χ2v) is 16.3. The molecule has 0 fully saturated rings. The third-order valence-electron chi connectivity index (χ3n) is 10.0. The second-order valence-electron chi connectivity index (χ2n) is 16.3. The lowest BCUT2D eigenvalue weighted by atomic mass is 10.1. The molecular formula is C47H86NO7+. The van der Waals surface area contributed by atoms with Gasteiger partial charge in [0.05, 0.1) is 34.4 Å². The van der Waals surface area contributed by atoms with Crippen LogP contribution in [0.15, 0.2) is 36.5 Å². The van der Waals surface area contributed by atoms with E-state index < -0.39 is 18.1 Å². The largest absolute Gasteiger partial charge is 0.477 e. The third kappa shape index (κ3) is 36.9. The molecule has 0 aromatic carbocycles. The van der Waals surface area contributed by atoms with Crippen LogP contribution in [0.2, 0.25) is 0 Å². The minimum atomic E-state index is -0.881. The highest BCUT2D eigenvalue weighted by Crippen LogP contribution is 2.13. The lowest BCUT2D eigenvalue weighted by Gasteiger charge is -2.31. The summed E-state index contributed by atoms with van der Waals surface area (Å²) in [6.07, 6.45) is 43.5. The minimum absolute atomic E-state index is 0.0480. The summed E-state index contributed by atoms with van der Waals surface area (Å²) >= 11 is 0. The molecule has 1 N–H and O–H groups in total. The first kappa shape index (κ1) is 52.6. The zero-order chi connectivity index (χ0) is 40.7. The van der Waals surface area contributed by atoms with Crippen molar-refractivity contribution in [2.24, 2.45) is 0 Å². The van der Waals surface area contributed by atoms with E-state index in [-0.39, 0.29) is 42.7 Å². The van der Waals surface area contributed by atoms with E-state index in [0.29, 0.717) is 19.3 Å². The monoisotopic (exact) mass is 777 g/mol. The van der Waals surface area contributed by atoms with Crippen LogP contribution in [0.25, 0.3) is 0 Å². The summed E-state index contributed by atoms with van der Waals surface area (Å²) in [6, 6.07) is -0.618. The van der Waals surface area contributed by atoms with Gasteiger partial charge in [-0.3, -0.25) is 9.59 Å². The van der Waals surface area contributed by atoms with E-state index in [1.807, 2.05) is 21.1 Å². The average molecular weight is 777 g/mol. The molecule has 0 aliphatic carbocycles. The molecule has 0 spiro atoms. The molecule has 0 amide bonds. The molecule has 8 nitrogen and oxygen atoms in total. The van der Waals surface area contributed by atoms with Gasteiger partial charge in [0.2, 0.25) is 0 Å². The van der Waals surface area contributed by atoms with Gasteiger partial charge in [-0.1, -0.05) is 147 Å². The van der Waals surface area contributed by atoms with Crippen LogP contribution in [0.5, 0.6) is 0 Å². The van der Waals surface area contributed by atoms with Gasteiger partial charge in [-0.25, -0.2) is 4.79 Å². The Morgan fingerprint density at radius 1 is 0.545 bits per heavy atom. The highest BCUT2D eigenvalue weighted by Gasteiger charge is 2.31. The number of carboxylic acid groups (broad SMARTS) is 1. The summed E-state index contributed by atoms with van der Waals surface area (Å²) in [5, 5.41) is 9.60. The Balaban J connectivity index is 4.22. The van der Waals surface area contributed by atoms with Crippen molar-refractivity contribution in [3.63, 3.8) is 0 Å². The van der Waals surface area contributed by atoms with Crippen LogP contribution in [-0.4, -0.2) is 80.6 Å². The quantitative estimate of drug-likeness (QED) is 0.0286. The molecule has 320 valence electrons. The number of carbonyl (C=O) groups is 3. The Morgan fingerprint density at radius 2 is 0.982 bits per heavy atom. The SMILES string of the molecule is CCCCCC/C=C/CCCC(=O)OC(COCCC(C(=O)O)[N+](C)(C)C)COC(=O)CCCCCCCCC/C=C/C/C=C/CCCCCCCCCC. The topological polar surface area (TPSA) is 99.1 Å². The standard InChI is InChI=1S/C47H85NO7/c1-6-8-10-12-14-16-17-18-19-20-21-22-23-24-25-26-27-28-30-31-33-35-37-45(49)54-42-43(41-53-40-39-44(47(51)52)48(3,4)5)55-46(50)38-36-34-32-29-15-13-11-9-7-2/h20-21,23-24,29,32,43-44H,6-19,22,25-28,30-31,33-42H2,1-5H3/p+1/b21-20+,24-23+,32-29+. The highest BCUT2D eigenvalue weighted by molar-refractivity contribution is 5.72. The van der Waals surface area contributed by atoms with E-state index in [9.17, 15) is 19.5 Å². The van der Waals surface area contributed by atoms with Crippen molar-refractivity contribution >= 4 is 17.9 Å². The van der Waals surface area contributed by atoms with Crippen LogP contribution in [-0.2, 0) is 28.6 Å². The molecule has 0 aliphatic rings. The van der Waals surface area contributed by atoms with Crippen molar-refractivity contribution in [3.8, 4) is 0 Å². The zero-order valence-corrected chi connectivity index (χ0v) is 36.4. The molecule has 0 radical (unpaired) electrons. The lowest BCUT2D eigenvalue weighted by molar-refractivity contribution is -0.887. The van der Waals surface area contributed by atoms with Gasteiger partial charge in [-0.2, -0.15) is 0 Å². The van der Waals surface area contributed by atoms with Crippen LogP contribution in [0, 0.1) is 0 Å². The molecule has 0 saturated heterocycles. The maximum Gasteiger partial charge on any atom is 0.362 e. The fourth-order valence-corrected chi connectivity index (χ4v) is 6.48. The van der Waals surface area contributed by atoms with Crippen molar-refractivity contribution in [1.29, 1.82) is 0 Å². The Morgan fingerprint density at radius 3 is 1.49 bits per heavy atom. The normalized spacial score (nSPS) is 13.3. The number of likely N-dealkylation sites (N-methyl/N-ethyl adjacent to an activating group) is 1. The molecule has 2 atom stereocenters. The first-order valence-electron chi connectivity index (χ1n) is 22.5. The van der Waals surface area contributed by atoms with Crippen molar-refractivity contribution < 1.29 is 38.2 Å². The van der Waals surface area contributed by atoms with Crippen molar-refractivity contribution in [3.05, 3.63) is 36.5 Å². The predicted octanol–water partition coefficient (Wildman–Crippen LogP) is 12.2. The van der Waals surface area contributed by atoms with Crippen LogP contribution in [0.1, 0.15) is 194 Å². The Bertz CT molecular complexity index is 1000. The first-order valence-corrected chi connectivity index (χ1v) is 22.5. The molecule has 0 aromatic heterocycles. The summed E-state index contributed by atoms with van der Waals surface area (Å²) in [6.45, 7) is 4.66. The zero-order valence-electron chi connectivity index (χ0n) is 36.4. The Kier molecular flexibility index (Phi) is 36.7. The first-order chi connectivity index (χ1) is 26.6. The van der Waals surface area contributed by atoms with Gasteiger partial charge in [0.25, 0.3) is 0 Å². The Hall–Kier alpha value is -2.45. The van der Waals surface area contributed by atoms with Crippen LogP contribution < -0.4 is 0 Å². The number of hydrogen-bond donors (Lipinski definition) is 1. The minimum Gasteiger partial charge on any atom is -0.477 e. The molecule has 8 heteroatoms. The van der Waals surface area contributed by atoms with Gasteiger partial charge < -0.3 is 23.8 Å². The van der Waals surface area contributed by atoms with E-state index >= 15 is 0 Å². The van der Waals surface area contributed by atoms with E-state index in [1.165, 1.54) is 109 Å². The molecule has 0 heterocycles. The smallest absolute Gasteiger partial charge is 0.362 e. The highest BCUT2D eigenvalue weighted by atomic mass is 16.6. The number of allylic oxidation sites excluding steroid dienone is 6. The van der Waals surface area contributed by atoms with Gasteiger partial charge in [-0.05, 0) is 64.2 Å². The van der Waals surface area contributed by atoms with Gasteiger partial charge in [0.1, 0.15) is 6.61 Å². The molecule has 0 bridgehead atoms. The predicted molar refractivity (Wildman–Crippen MR) is 229 cm³/mol. The number of unbranched alkanes of at least 4 members (excludes halogenated alkanes) is 20. The number of hydrogen-bond acceptors (Lipinski definition) is 6. The average Bonchev–Trinajstić information content (AvgIpc) is 3.14. The van der Waals surface area contributed by atoms with Gasteiger partial charge in [0, 0.05) is 19.3 Å². The third-order valence-corrected chi connectivity index (χ3v) is 10.0. The summed E-state index contributed by atoms with van der Waals surface area (Å²) in [5.74, 6) is -1.52. The van der Waals surface area contributed by atoms with Crippen molar-refractivity contribution in [2.45, 2.75) is 206 Å². The number of carboxylic acids is 1. The molecule has 0 rings (SSSR count). The second kappa shape index (κ2) is 38.4. The van der Waals surface area contributed by atoms with Crippen molar-refractivity contribution in [1.82, 2.24) is 0 Å². The summed E-state index contributed by atoms with van der Waals surface area (Å²) < 4.78 is 17.2. The van der Waals surface area contributed by atoms with Gasteiger partial charge in [0.15, 0.2) is 12.1 Å². The number of carbonyl (C=O) groups excluding carboxylic acids is 2. The van der Waals surface area contributed by atoms with Crippen molar-refractivity contribution in [2.75, 3.05) is 41.0 Å². The summed E-state index contributed by atoms with van der Waals surface area (Å²) in [4.78, 5) is 36.8. The number of ether oxygens (including phenoxy) is 3.